The van der Waals surface area contributed by atoms with Gasteiger partial charge in [0.15, 0.2) is 0 Å². The number of carbonyl (C=O) groups excluding carboxylic acids is 1. The highest BCUT2D eigenvalue weighted by molar-refractivity contribution is 5.98. The molecule has 1 atom stereocenters. The van der Waals surface area contributed by atoms with E-state index in [-0.39, 0.29) is 24.1 Å². The number of rotatable bonds is 6. The Hall–Kier alpha value is -1.32. The van der Waals surface area contributed by atoms with Crippen molar-refractivity contribution >= 4 is 11.9 Å². The Bertz CT molecular complexity index is 401. The van der Waals surface area contributed by atoms with Gasteiger partial charge in [0, 0.05) is 0 Å². The van der Waals surface area contributed by atoms with Gasteiger partial charge in [-0.2, -0.15) is 0 Å². The van der Waals surface area contributed by atoms with E-state index in [1.165, 1.54) is 0 Å². The normalized spacial score (nSPS) is 18.4. The van der Waals surface area contributed by atoms with Crippen LogP contribution < -0.4 is 0 Å². The van der Waals surface area contributed by atoms with Crippen LogP contribution in [0.4, 0.5) is 0 Å². The number of hydrogen-bond donors (Lipinski definition) is 1. The Kier molecular flexibility index (Phi) is 5.78. The summed E-state index contributed by atoms with van der Waals surface area (Å²) in [5.74, 6) is -1.28. The zero-order valence-electron chi connectivity index (χ0n) is 13.0. The average molecular weight is 282 g/mol. The van der Waals surface area contributed by atoms with E-state index in [9.17, 15) is 14.7 Å². The summed E-state index contributed by atoms with van der Waals surface area (Å²) in [6.07, 6.45) is 4.39. The molecule has 1 aliphatic carbocycles. The number of aliphatic carboxylic acids is 1. The van der Waals surface area contributed by atoms with E-state index < -0.39 is 11.4 Å². The molecule has 1 N–H and O–H groups in total. The van der Waals surface area contributed by atoms with E-state index in [1.807, 2.05) is 6.92 Å². The van der Waals surface area contributed by atoms with Crippen LogP contribution in [0.3, 0.4) is 0 Å². The summed E-state index contributed by atoms with van der Waals surface area (Å²) < 4.78 is 5.26. The molecule has 1 rings (SSSR count). The quantitative estimate of drug-likeness (QED) is 0.597. The average Bonchev–Trinajstić information content (AvgIpc) is 2.88. The van der Waals surface area contributed by atoms with Crippen molar-refractivity contribution in [2.24, 2.45) is 11.3 Å². The zero-order chi connectivity index (χ0) is 15.3. The van der Waals surface area contributed by atoms with Gasteiger partial charge in [0.1, 0.15) is 5.41 Å². The van der Waals surface area contributed by atoms with Crippen molar-refractivity contribution in [3.05, 3.63) is 11.1 Å². The summed E-state index contributed by atoms with van der Waals surface area (Å²) in [6, 6.07) is 0. The molecule has 1 saturated carbocycles. The Morgan fingerprint density at radius 1 is 1.20 bits per heavy atom. The monoisotopic (exact) mass is 282 g/mol. The van der Waals surface area contributed by atoms with E-state index in [4.69, 9.17) is 4.74 Å². The van der Waals surface area contributed by atoms with Crippen molar-refractivity contribution in [1.82, 2.24) is 0 Å². The van der Waals surface area contributed by atoms with Crippen LogP contribution in [0.25, 0.3) is 0 Å². The molecule has 0 saturated heterocycles. The van der Waals surface area contributed by atoms with Crippen LogP contribution in [0, 0.1) is 11.3 Å². The first-order chi connectivity index (χ1) is 9.41. The summed E-state index contributed by atoms with van der Waals surface area (Å²) in [5, 5.41) is 9.62. The number of carboxylic acids is 1. The minimum Gasteiger partial charge on any atom is -0.478 e. The maximum absolute atomic E-state index is 12.6. The fourth-order valence-electron chi connectivity index (χ4n) is 3.61. The van der Waals surface area contributed by atoms with Crippen molar-refractivity contribution in [2.45, 2.75) is 59.8 Å². The molecular weight excluding hydrogens is 256 g/mol. The smallest absolute Gasteiger partial charge is 0.332 e. The van der Waals surface area contributed by atoms with E-state index in [0.717, 1.165) is 25.7 Å². The summed E-state index contributed by atoms with van der Waals surface area (Å²) >= 11 is 0. The first kappa shape index (κ1) is 16.7. The van der Waals surface area contributed by atoms with Crippen molar-refractivity contribution < 1.29 is 19.4 Å². The van der Waals surface area contributed by atoms with Crippen molar-refractivity contribution in [1.29, 1.82) is 0 Å². The van der Waals surface area contributed by atoms with Gasteiger partial charge >= 0.3 is 11.9 Å². The van der Waals surface area contributed by atoms with E-state index in [2.05, 4.69) is 0 Å². The van der Waals surface area contributed by atoms with E-state index in [0.29, 0.717) is 12.0 Å². The van der Waals surface area contributed by atoms with Crippen LogP contribution in [-0.4, -0.2) is 23.7 Å². The van der Waals surface area contributed by atoms with Gasteiger partial charge in [-0.25, -0.2) is 4.79 Å². The van der Waals surface area contributed by atoms with Crippen LogP contribution >= 0.6 is 0 Å². The predicted octanol–water partition coefficient (Wildman–Crippen LogP) is 3.56. The topological polar surface area (TPSA) is 63.6 Å². The SMILES string of the molecule is CCOC(=O)C(CC)(C(C(=O)O)=C(C)C)C1CCCC1. The third-order valence-electron chi connectivity index (χ3n) is 4.41. The molecule has 4 heteroatoms. The van der Waals surface area contributed by atoms with E-state index in [1.54, 1.807) is 20.8 Å². The molecule has 0 spiro atoms. The van der Waals surface area contributed by atoms with Gasteiger partial charge in [-0.1, -0.05) is 25.3 Å². The van der Waals surface area contributed by atoms with Crippen LogP contribution in [-0.2, 0) is 14.3 Å². The Balaban J connectivity index is 3.40. The molecule has 0 aliphatic heterocycles. The van der Waals surface area contributed by atoms with Crippen LogP contribution in [0.15, 0.2) is 11.1 Å². The lowest BCUT2D eigenvalue weighted by Crippen LogP contribution is -2.43. The molecule has 4 nitrogen and oxygen atoms in total. The predicted molar refractivity (Wildman–Crippen MR) is 77.3 cm³/mol. The Morgan fingerprint density at radius 2 is 1.75 bits per heavy atom. The summed E-state index contributed by atoms with van der Waals surface area (Å²) in [7, 11) is 0. The number of hydrogen-bond acceptors (Lipinski definition) is 3. The minimum atomic E-state index is -0.994. The first-order valence-electron chi connectivity index (χ1n) is 7.50. The van der Waals surface area contributed by atoms with Crippen LogP contribution in [0.2, 0.25) is 0 Å². The van der Waals surface area contributed by atoms with Gasteiger partial charge < -0.3 is 9.84 Å². The van der Waals surface area contributed by atoms with Crippen molar-refractivity contribution in [3.63, 3.8) is 0 Å². The fourth-order valence-corrected chi connectivity index (χ4v) is 3.61. The standard InChI is InChI=1S/C16H26O4/c1-5-16(15(19)20-6-2,12-9-7-8-10-12)13(11(3)4)14(17)18/h12H,5-10H2,1-4H3,(H,17,18). The maximum atomic E-state index is 12.6. The second kappa shape index (κ2) is 6.91. The largest absolute Gasteiger partial charge is 0.478 e. The minimum absolute atomic E-state index is 0.0764. The first-order valence-corrected chi connectivity index (χ1v) is 7.50. The second-order valence-electron chi connectivity index (χ2n) is 5.71. The van der Waals surface area contributed by atoms with Crippen molar-refractivity contribution in [2.75, 3.05) is 6.61 Å². The number of allylic oxidation sites excluding steroid dienone is 1. The molecule has 0 heterocycles. The van der Waals surface area contributed by atoms with Crippen molar-refractivity contribution in [3.8, 4) is 0 Å². The number of carboxylic acid groups (broad SMARTS) is 1. The fraction of sp³-hybridized carbons (Fsp3) is 0.750. The Labute approximate surface area is 121 Å². The van der Waals surface area contributed by atoms with Gasteiger partial charge in [0.2, 0.25) is 0 Å². The lowest BCUT2D eigenvalue weighted by atomic mass is 9.66. The maximum Gasteiger partial charge on any atom is 0.332 e. The van der Waals surface area contributed by atoms with Crippen LogP contribution in [0.1, 0.15) is 59.8 Å². The molecule has 0 aromatic rings. The summed E-state index contributed by atoms with van der Waals surface area (Å²) in [4.78, 5) is 24.4. The molecule has 0 aromatic heterocycles. The van der Waals surface area contributed by atoms with Gasteiger partial charge in [0.05, 0.1) is 12.2 Å². The number of carbonyl (C=O) groups is 2. The number of esters is 1. The Morgan fingerprint density at radius 3 is 2.10 bits per heavy atom. The third kappa shape index (κ3) is 2.89. The molecule has 114 valence electrons. The molecular formula is C16H26O4. The lowest BCUT2D eigenvalue weighted by Gasteiger charge is -2.37. The molecule has 20 heavy (non-hydrogen) atoms. The summed E-state index contributed by atoms with van der Waals surface area (Å²) in [5.41, 5.74) is -0.0540. The van der Waals surface area contributed by atoms with Gasteiger partial charge in [-0.3, -0.25) is 4.79 Å². The molecule has 0 amide bonds. The molecule has 0 bridgehead atoms. The highest BCUT2D eigenvalue weighted by Gasteiger charge is 2.51. The zero-order valence-corrected chi connectivity index (χ0v) is 13.0. The molecule has 1 aliphatic rings. The molecule has 1 fully saturated rings. The molecule has 0 radical (unpaired) electrons. The van der Waals surface area contributed by atoms with Gasteiger partial charge in [-0.15, -0.1) is 0 Å². The third-order valence-corrected chi connectivity index (χ3v) is 4.41. The number of ether oxygens (including phenoxy) is 1. The van der Waals surface area contributed by atoms with Gasteiger partial charge in [0.25, 0.3) is 0 Å². The molecule has 0 aromatic carbocycles. The van der Waals surface area contributed by atoms with Gasteiger partial charge in [-0.05, 0) is 46.0 Å². The second-order valence-corrected chi connectivity index (χ2v) is 5.71. The van der Waals surface area contributed by atoms with Crippen LogP contribution in [0.5, 0.6) is 0 Å². The highest BCUT2D eigenvalue weighted by Crippen LogP contribution is 2.49. The highest BCUT2D eigenvalue weighted by atomic mass is 16.5. The molecule has 1 unspecified atom stereocenters. The lowest BCUT2D eigenvalue weighted by molar-refractivity contribution is -0.159. The summed E-state index contributed by atoms with van der Waals surface area (Å²) in [6.45, 7) is 7.46. The van der Waals surface area contributed by atoms with E-state index >= 15 is 0 Å².